The van der Waals surface area contributed by atoms with E-state index in [-0.39, 0.29) is 11.9 Å². The van der Waals surface area contributed by atoms with Gasteiger partial charge >= 0.3 is 0 Å². The van der Waals surface area contributed by atoms with Crippen molar-refractivity contribution in [2.24, 2.45) is 5.73 Å². The molecule has 0 radical (unpaired) electrons. The van der Waals surface area contributed by atoms with Crippen LogP contribution in [0.3, 0.4) is 0 Å². The molecule has 0 aromatic rings. The zero-order chi connectivity index (χ0) is 10.6. The van der Waals surface area contributed by atoms with Crippen molar-refractivity contribution in [2.45, 2.75) is 26.3 Å². The topological polar surface area (TPSA) is 49.6 Å². The van der Waals surface area contributed by atoms with Crippen molar-refractivity contribution < 1.29 is 4.79 Å². The number of carbonyl (C=O) groups is 1. The summed E-state index contributed by atoms with van der Waals surface area (Å²) >= 11 is 0. The van der Waals surface area contributed by atoms with Crippen LogP contribution < -0.4 is 5.73 Å². The van der Waals surface area contributed by atoms with E-state index in [1.165, 1.54) is 6.42 Å². The Labute approximate surface area is 86.0 Å². The quantitative estimate of drug-likeness (QED) is 0.690. The summed E-state index contributed by atoms with van der Waals surface area (Å²) in [6, 6.07) is -0.354. The largest absolute Gasteiger partial charge is 0.339 e. The summed E-state index contributed by atoms with van der Waals surface area (Å²) in [6.07, 6.45) is 1.18. The number of hydrogen-bond acceptors (Lipinski definition) is 3. The van der Waals surface area contributed by atoms with Crippen LogP contribution in [-0.2, 0) is 4.79 Å². The van der Waals surface area contributed by atoms with Crippen LogP contribution in [0.2, 0.25) is 0 Å². The molecule has 1 atom stereocenters. The van der Waals surface area contributed by atoms with E-state index in [0.29, 0.717) is 0 Å². The third-order valence-corrected chi connectivity index (χ3v) is 2.61. The summed E-state index contributed by atoms with van der Waals surface area (Å²) in [4.78, 5) is 15.8. The second kappa shape index (κ2) is 5.32. The van der Waals surface area contributed by atoms with E-state index >= 15 is 0 Å². The first-order valence-electron chi connectivity index (χ1n) is 5.42. The van der Waals surface area contributed by atoms with Crippen molar-refractivity contribution in [3.05, 3.63) is 0 Å². The van der Waals surface area contributed by atoms with Crippen LogP contribution in [0.15, 0.2) is 0 Å². The van der Waals surface area contributed by atoms with E-state index in [2.05, 4.69) is 11.8 Å². The minimum absolute atomic E-state index is 0.0844. The van der Waals surface area contributed by atoms with Gasteiger partial charge in [-0.15, -0.1) is 0 Å². The van der Waals surface area contributed by atoms with Crippen LogP contribution in [0.5, 0.6) is 0 Å². The lowest BCUT2D eigenvalue weighted by molar-refractivity contribution is -0.133. The Morgan fingerprint density at radius 3 is 2.36 bits per heavy atom. The Kier molecular flexibility index (Phi) is 4.35. The van der Waals surface area contributed by atoms with Gasteiger partial charge in [0.15, 0.2) is 0 Å². The highest BCUT2D eigenvalue weighted by molar-refractivity contribution is 5.81. The molecule has 2 N–H and O–H groups in total. The third kappa shape index (κ3) is 2.96. The predicted molar refractivity (Wildman–Crippen MR) is 57.0 cm³/mol. The van der Waals surface area contributed by atoms with Gasteiger partial charge in [-0.05, 0) is 19.9 Å². The average Bonchev–Trinajstić information content (AvgIpc) is 2.18. The SMILES string of the molecule is CCCN1CCN(C(=O)C(C)N)CC1. The maximum atomic E-state index is 11.5. The van der Waals surface area contributed by atoms with Gasteiger partial charge in [0.1, 0.15) is 0 Å². The summed E-state index contributed by atoms with van der Waals surface area (Å²) < 4.78 is 0. The Hall–Kier alpha value is -0.610. The molecule has 4 nitrogen and oxygen atoms in total. The molecule has 1 fully saturated rings. The summed E-state index contributed by atoms with van der Waals surface area (Å²) in [5, 5.41) is 0. The van der Waals surface area contributed by atoms with Crippen molar-refractivity contribution in [3.63, 3.8) is 0 Å². The zero-order valence-corrected chi connectivity index (χ0v) is 9.20. The molecule has 0 aromatic carbocycles. The molecular weight excluding hydrogens is 178 g/mol. The molecular formula is C10H21N3O. The maximum Gasteiger partial charge on any atom is 0.239 e. The zero-order valence-electron chi connectivity index (χ0n) is 9.20. The standard InChI is InChI=1S/C10H21N3O/c1-3-4-12-5-7-13(8-6-12)10(14)9(2)11/h9H,3-8,11H2,1-2H3. The number of piperazine rings is 1. The average molecular weight is 199 g/mol. The minimum atomic E-state index is -0.354. The number of hydrogen-bond donors (Lipinski definition) is 1. The van der Waals surface area contributed by atoms with Gasteiger partial charge < -0.3 is 10.6 Å². The van der Waals surface area contributed by atoms with E-state index in [0.717, 1.165) is 32.7 Å². The number of carbonyl (C=O) groups excluding carboxylic acids is 1. The van der Waals surface area contributed by atoms with Gasteiger partial charge in [0, 0.05) is 26.2 Å². The molecule has 1 saturated heterocycles. The third-order valence-electron chi connectivity index (χ3n) is 2.61. The highest BCUT2D eigenvalue weighted by Crippen LogP contribution is 2.03. The van der Waals surface area contributed by atoms with Crippen LogP contribution in [0, 0.1) is 0 Å². The molecule has 4 heteroatoms. The fraction of sp³-hybridized carbons (Fsp3) is 0.900. The molecule has 1 heterocycles. The van der Waals surface area contributed by atoms with Crippen molar-refractivity contribution in [1.29, 1.82) is 0 Å². The molecule has 1 aliphatic rings. The van der Waals surface area contributed by atoms with Crippen LogP contribution in [0.25, 0.3) is 0 Å². The lowest BCUT2D eigenvalue weighted by Crippen LogP contribution is -2.52. The molecule has 0 aromatic heterocycles. The smallest absolute Gasteiger partial charge is 0.239 e. The van der Waals surface area contributed by atoms with Crippen molar-refractivity contribution in [2.75, 3.05) is 32.7 Å². The fourth-order valence-corrected chi connectivity index (χ4v) is 1.80. The molecule has 1 amide bonds. The Morgan fingerprint density at radius 2 is 1.93 bits per heavy atom. The monoisotopic (exact) mass is 199 g/mol. The lowest BCUT2D eigenvalue weighted by Gasteiger charge is -2.35. The molecule has 0 saturated carbocycles. The van der Waals surface area contributed by atoms with Crippen LogP contribution >= 0.6 is 0 Å². The molecule has 0 bridgehead atoms. The first kappa shape index (κ1) is 11.5. The normalized spacial score (nSPS) is 20.9. The minimum Gasteiger partial charge on any atom is -0.339 e. The summed E-state index contributed by atoms with van der Waals surface area (Å²) in [5.74, 6) is 0.0844. The van der Waals surface area contributed by atoms with E-state index in [1.807, 2.05) is 4.90 Å². The first-order chi connectivity index (χ1) is 6.65. The second-order valence-corrected chi connectivity index (χ2v) is 3.96. The molecule has 1 aliphatic heterocycles. The van der Waals surface area contributed by atoms with Crippen LogP contribution in [-0.4, -0.2) is 54.5 Å². The van der Waals surface area contributed by atoms with E-state index in [9.17, 15) is 4.79 Å². The molecule has 82 valence electrons. The second-order valence-electron chi connectivity index (χ2n) is 3.96. The molecule has 14 heavy (non-hydrogen) atoms. The van der Waals surface area contributed by atoms with E-state index in [1.54, 1.807) is 6.92 Å². The van der Waals surface area contributed by atoms with Gasteiger partial charge in [0.05, 0.1) is 6.04 Å². The predicted octanol–water partition coefficient (Wildman–Crippen LogP) is -0.112. The number of amides is 1. The van der Waals surface area contributed by atoms with Crippen molar-refractivity contribution >= 4 is 5.91 Å². The molecule has 0 spiro atoms. The van der Waals surface area contributed by atoms with Gasteiger partial charge in [-0.25, -0.2) is 0 Å². The van der Waals surface area contributed by atoms with Crippen molar-refractivity contribution in [1.82, 2.24) is 9.80 Å². The van der Waals surface area contributed by atoms with Gasteiger partial charge in [-0.1, -0.05) is 6.92 Å². The van der Waals surface area contributed by atoms with Gasteiger partial charge in [0.25, 0.3) is 0 Å². The van der Waals surface area contributed by atoms with Gasteiger partial charge in [-0.2, -0.15) is 0 Å². The Balaban J connectivity index is 2.32. The van der Waals surface area contributed by atoms with Crippen LogP contribution in [0.1, 0.15) is 20.3 Å². The van der Waals surface area contributed by atoms with Crippen LogP contribution in [0.4, 0.5) is 0 Å². The van der Waals surface area contributed by atoms with E-state index in [4.69, 9.17) is 5.73 Å². The lowest BCUT2D eigenvalue weighted by atomic mass is 10.2. The van der Waals surface area contributed by atoms with Gasteiger partial charge in [0.2, 0.25) is 5.91 Å². The molecule has 1 unspecified atom stereocenters. The van der Waals surface area contributed by atoms with Crippen molar-refractivity contribution in [3.8, 4) is 0 Å². The maximum absolute atomic E-state index is 11.5. The Bertz CT molecular complexity index is 186. The highest BCUT2D eigenvalue weighted by Gasteiger charge is 2.22. The molecule has 0 aliphatic carbocycles. The Morgan fingerprint density at radius 1 is 1.36 bits per heavy atom. The fourth-order valence-electron chi connectivity index (χ4n) is 1.80. The molecule has 1 rings (SSSR count). The summed E-state index contributed by atoms with van der Waals surface area (Å²) in [6.45, 7) is 8.72. The van der Waals surface area contributed by atoms with Gasteiger partial charge in [-0.3, -0.25) is 9.69 Å². The highest BCUT2D eigenvalue weighted by atomic mass is 16.2. The number of nitrogens with zero attached hydrogens (tertiary/aromatic N) is 2. The first-order valence-corrected chi connectivity index (χ1v) is 5.42. The van der Waals surface area contributed by atoms with E-state index < -0.39 is 0 Å². The number of rotatable bonds is 3. The summed E-state index contributed by atoms with van der Waals surface area (Å²) in [7, 11) is 0. The number of nitrogens with two attached hydrogens (primary N) is 1. The summed E-state index contributed by atoms with van der Waals surface area (Å²) in [5.41, 5.74) is 5.56.